The zero-order chi connectivity index (χ0) is 13.1. The molecule has 1 aliphatic heterocycles. The molecule has 4 heteroatoms. The summed E-state index contributed by atoms with van der Waals surface area (Å²) in [5, 5.41) is 2.87. The van der Waals surface area contributed by atoms with Crippen molar-refractivity contribution in [3.8, 4) is 0 Å². The third-order valence-electron chi connectivity index (χ3n) is 3.52. The monoisotopic (exact) mass is 248 g/mol. The largest absolute Gasteiger partial charge is 0.348 e. The molecule has 0 spiro atoms. The highest BCUT2D eigenvalue weighted by Gasteiger charge is 2.44. The second kappa shape index (κ2) is 5.38. The van der Waals surface area contributed by atoms with Crippen molar-refractivity contribution in [3.05, 3.63) is 24.3 Å². The van der Waals surface area contributed by atoms with Crippen LogP contribution in [0.4, 0.5) is 0 Å². The third-order valence-corrected chi connectivity index (χ3v) is 3.52. The molecule has 0 radical (unpaired) electrons. The number of hydrogen-bond acceptors (Lipinski definition) is 2. The van der Waals surface area contributed by atoms with E-state index in [1.54, 1.807) is 12.2 Å². The van der Waals surface area contributed by atoms with Crippen molar-refractivity contribution in [3.63, 3.8) is 0 Å². The predicted octanol–water partition coefficient (Wildman–Crippen LogP) is 1.24. The van der Waals surface area contributed by atoms with Gasteiger partial charge in [0.25, 0.3) is 0 Å². The van der Waals surface area contributed by atoms with Gasteiger partial charge in [-0.15, -0.1) is 0 Å². The van der Waals surface area contributed by atoms with Gasteiger partial charge >= 0.3 is 0 Å². The van der Waals surface area contributed by atoms with Gasteiger partial charge in [0.2, 0.25) is 11.8 Å². The number of carbonyl (C=O) groups is 2. The molecule has 4 nitrogen and oxygen atoms in total. The quantitative estimate of drug-likeness (QED) is 0.601. The van der Waals surface area contributed by atoms with Crippen LogP contribution >= 0.6 is 0 Å². The lowest BCUT2D eigenvalue weighted by Gasteiger charge is -2.16. The maximum absolute atomic E-state index is 11.8. The van der Waals surface area contributed by atoms with E-state index >= 15 is 0 Å². The van der Waals surface area contributed by atoms with Gasteiger partial charge in [-0.05, 0) is 19.3 Å². The number of hydrogen-bond donors (Lipinski definition) is 1. The van der Waals surface area contributed by atoms with Gasteiger partial charge in [0.05, 0.1) is 6.04 Å². The molecule has 2 fully saturated rings. The number of allylic oxidation sites excluding steroid dienone is 3. The molecule has 1 aliphatic carbocycles. The molecular weight excluding hydrogens is 228 g/mol. The van der Waals surface area contributed by atoms with Crippen LogP contribution < -0.4 is 5.32 Å². The Bertz CT molecular complexity index is 401. The second-order valence-electron chi connectivity index (χ2n) is 5.12. The van der Waals surface area contributed by atoms with E-state index in [0.29, 0.717) is 24.9 Å². The van der Waals surface area contributed by atoms with Crippen molar-refractivity contribution in [1.29, 1.82) is 0 Å². The lowest BCUT2D eigenvalue weighted by atomic mass is 10.2. The highest BCUT2D eigenvalue weighted by Crippen LogP contribution is 2.37. The summed E-state index contributed by atoms with van der Waals surface area (Å²) in [6.45, 7) is 4.72. The number of amides is 2. The summed E-state index contributed by atoms with van der Waals surface area (Å²) < 4.78 is 0. The van der Waals surface area contributed by atoms with E-state index in [9.17, 15) is 9.59 Å². The van der Waals surface area contributed by atoms with E-state index in [1.165, 1.54) is 6.08 Å². The van der Waals surface area contributed by atoms with E-state index in [0.717, 1.165) is 6.42 Å². The zero-order valence-electron chi connectivity index (χ0n) is 10.9. The molecule has 0 aromatic heterocycles. The van der Waals surface area contributed by atoms with Crippen molar-refractivity contribution >= 4 is 11.8 Å². The highest BCUT2D eigenvalue weighted by molar-refractivity contribution is 5.89. The first-order valence-corrected chi connectivity index (χ1v) is 6.51. The maximum Gasteiger partial charge on any atom is 0.244 e. The van der Waals surface area contributed by atoms with Crippen LogP contribution in [-0.2, 0) is 9.59 Å². The minimum absolute atomic E-state index is 0.0342. The lowest BCUT2D eigenvalue weighted by molar-refractivity contribution is -0.128. The Morgan fingerprint density at radius 1 is 1.44 bits per heavy atom. The molecule has 0 unspecified atom stereocenters. The Balaban J connectivity index is 1.81. The minimum Gasteiger partial charge on any atom is -0.348 e. The van der Waals surface area contributed by atoms with Crippen LogP contribution in [0.15, 0.2) is 24.3 Å². The van der Waals surface area contributed by atoms with Crippen LogP contribution in [0.25, 0.3) is 0 Å². The van der Waals surface area contributed by atoms with E-state index in [-0.39, 0.29) is 17.9 Å². The number of nitrogens with one attached hydrogen (secondary N) is 1. The fourth-order valence-corrected chi connectivity index (χ4v) is 2.39. The van der Waals surface area contributed by atoms with E-state index in [1.807, 2.05) is 17.9 Å². The molecule has 1 heterocycles. The lowest BCUT2D eigenvalue weighted by Crippen LogP contribution is -2.37. The summed E-state index contributed by atoms with van der Waals surface area (Å²) in [6.07, 6.45) is 8.40. The SMILES string of the molecule is C/C=C/C=C/C(=O)N[C@@H]1CC(=O)N([C@@H]2C[C@@H]2C)C1. The Morgan fingerprint density at radius 2 is 2.17 bits per heavy atom. The second-order valence-corrected chi connectivity index (χ2v) is 5.12. The predicted molar refractivity (Wildman–Crippen MR) is 69.8 cm³/mol. The molecule has 3 atom stereocenters. The van der Waals surface area contributed by atoms with Gasteiger partial charge < -0.3 is 10.2 Å². The van der Waals surface area contributed by atoms with Gasteiger partial charge in [0.15, 0.2) is 0 Å². The van der Waals surface area contributed by atoms with Gasteiger partial charge in [-0.3, -0.25) is 9.59 Å². The zero-order valence-corrected chi connectivity index (χ0v) is 10.9. The van der Waals surface area contributed by atoms with E-state index in [2.05, 4.69) is 12.2 Å². The fourth-order valence-electron chi connectivity index (χ4n) is 2.39. The molecule has 0 bridgehead atoms. The van der Waals surface area contributed by atoms with Crippen molar-refractivity contribution in [2.75, 3.05) is 6.54 Å². The Morgan fingerprint density at radius 3 is 2.78 bits per heavy atom. The molecule has 2 amide bonds. The molecular formula is C14H20N2O2. The first-order valence-electron chi connectivity index (χ1n) is 6.51. The molecule has 2 aliphatic rings. The van der Waals surface area contributed by atoms with Crippen molar-refractivity contribution in [2.24, 2.45) is 5.92 Å². The third kappa shape index (κ3) is 3.00. The summed E-state index contributed by atoms with van der Waals surface area (Å²) in [4.78, 5) is 25.3. The van der Waals surface area contributed by atoms with Gasteiger partial charge in [-0.2, -0.15) is 0 Å². The molecule has 1 saturated heterocycles. The smallest absolute Gasteiger partial charge is 0.244 e. The fraction of sp³-hybridized carbons (Fsp3) is 0.571. The summed E-state index contributed by atoms with van der Waals surface area (Å²) in [5.41, 5.74) is 0. The molecule has 1 N–H and O–H groups in total. The van der Waals surface area contributed by atoms with Crippen LogP contribution in [-0.4, -0.2) is 35.3 Å². The summed E-state index contributed by atoms with van der Waals surface area (Å²) in [6, 6.07) is 0.381. The molecule has 0 aromatic carbocycles. The number of carbonyl (C=O) groups excluding carboxylic acids is 2. The summed E-state index contributed by atoms with van der Waals surface area (Å²) in [5.74, 6) is 0.668. The number of nitrogens with zero attached hydrogens (tertiary/aromatic N) is 1. The average Bonchev–Trinajstić information content (AvgIpc) is 2.91. The Hall–Kier alpha value is -1.58. The van der Waals surface area contributed by atoms with Crippen LogP contribution in [0.2, 0.25) is 0 Å². The van der Waals surface area contributed by atoms with Crippen molar-refractivity contribution < 1.29 is 9.59 Å². The standard InChI is InChI=1S/C14H20N2O2/c1-3-4-5-6-13(17)15-11-8-14(18)16(9-11)12-7-10(12)2/h3-6,10-12H,7-9H2,1-2H3,(H,15,17)/b4-3+,6-5+/t10-,11+,12+/m0/s1. The average molecular weight is 248 g/mol. The molecule has 0 aromatic rings. The van der Waals surface area contributed by atoms with Crippen LogP contribution in [0, 0.1) is 5.92 Å². The summed E-state index contributed by atoms with van der Waals surface area (Å²) in [7, 11) is 0. The topological polar surface area (TPSA) is 49.4 Å². The van der Waals surface area contributed by atoms with Crippen molar-refractivity contribution in [1.82, 2.24) is 10.2 Å². The first-order chi connectivity index (χ1) is 8.61. The minimum atomic E-state index is -0.128. The Kier molecular flexibility index (Phi) is 3.84. The normalized spacial score (nSPS) is 31.6. The van der Waals surface area contributed by atoms with Crippen molar-refractivity contribution in [2.45, 2.75) is 38.8 Å². The van der Waals surface area contributed by atoms with Gasteiger partial charge in [0.1, 0.15) is 0 Å². The number of likely N-dealkylation sites (tertiary alicyclic amines) is 1. The van der Waals surface area contributed by atoms with Gasteiger partial charge in [-0.25, -0.2) is 0 Å². The Labute approximate surface area is 108 Å². The van der Waals surface area contributed by atoms with Crippen LogP contribution in [0.1, 0.15) is 26.7 Å². The van der Waals surface area contributed by atoms with Gasteiger partial charge in [0, 0.05) is 25.1 Å². The molecule has 2 rings (SSSR count). The van der Waals surface area contributed by atoms with Crippen LogP contribution in [0.3, 0.4) is 0 Å². The summed E-state index contributed by atoms with van der Waals surface area (Å²) >= 11 is 0. The van der Waals surface area contributed by atoms with Gasteiger partial charge in [-0.1, -0.05) is 25.2 Å². The first kappa shape index (κ1) is 12.9. The molecule has 98 valence electrons. The van der Waals surface area contributed by atoms with Crippen LogP contribution in [0.5, 0.6) is 0 Å². The molecule has 1 saturated carbocycles. The number of rotatable bonds is 4. The molecule has 18 heavy (non-hydrogen) atoms. The van der Waals surface area contributed by atoms with E-state index in [4.69, 9.17) is 0 Å². The highest BCUT2D eigenvalue weighted by atomic mass is 16.2. The maximum atomic E-state index is 11.8. The van der Waals surface area contributed by atoms with E-state index < -0.39 is 0 Å².